The molecule has 0 amide bonds. The van der Waals surface area contributed by atoms with E-state index in [1.807, 2.05) is 0 Å². The first-order valence-corrected chi connectivity index (χ1v) is 5.44. The largest absolute Gasteiger partial charge is 0.387 e. The second-order valence-corrected chi connectivity index (χ2v) is 4.60. The van der Waals surface area contributed by atoms with Crippen LogP contribution < -0.4 is 5.73 Å². The zero-order valence-electron chi connectivity index (χ0n) is 8.87. The summed E-state index contributed by atoms with van der Waals surface area (Å²) in [6, 6.07) is 1.47. The number of likely N-dealkylation sites (N-methyl/N-ethyl adjacent to an activating group) is 1. The van der Waals surface area contributed by atoms with Gasteiger partial charge in [-0.1, -0.05) is 0 Å². The molecule has 2 saturated heterocycles. The molecule has 4 nitrogen and oxygen atoms in total. The Balaban J connectivity index is 1.96. The molecule has 2 fully saturated rings. The Morgan fingerprint density at radius 2 is 2.07 bits per heavy atom. The van der Waals surface area contributed by atoms with Crippen LogP contribution in [0.1, 0.15) is 19.3 Å². The molecular formula is C10H20N4. The van der Waals surface area contributed by atoms with Crippen LogP contribution in [-0.4, -0.2) is 54.4 Å². The average molecular weight is 196 g/mol. The van der Waals surface area contributed by atoms with Crippen LogP contribution in [0.5, 0.6) is 0 Å². The van der Waals surface area contributed by atoms with E-state index in [2.05, 4.69) is 16.8 Å². The number of amidine groups is 1. The van der Waals surface area contributed by atoms with Crippen molar-refractivity contribution in [2.24, 2.45) is 5.73 Å². The molecule has 4 heteroatoms. The molecule has 2 aliphatic rings. The molecule has 2 bridgehead atoms. The summed E-state index contributed by atoms with van der Waals surface area (Å²) in [6.45, 7) is 2.84. The smallest absolute Gasteiger partial charge is 0.105 e. The predicted molar refractivity (Wildman–Crippen MR) is 57.5 cm³/mol. The Morgan fingerprint density at radius 3 is 2.79 bits per heavy atom. The summed E-state index contributed by atoms with van der Waals surface area (Å²) in [6.07, 6.45) is 3.91. The summed E-state index contributed by atoms with van der Waals surface area (Å²) in [5.74, 6) is 0.297. The van der Waals surface area contributed by atoms with E-state index < -0.39 is 0 Å². The molecule has 0 saturated carbocycles. The number of nitrogens with one attached hydrogen (secondary N) is 1. The molecule has 2 aliphatic heterocycles. The molecule has 2 atom stereocenters. The van der Waals surface area contributed by atoms with Gasteiger partial charge in [-0.05, 0) is 26.3 Å². The number of fused-ring (bicyclic) bond motifs is 2. The van der Waals surface area contributed by atoms with Gasteiger partial charge in [-0.25, -0.2) is 0 Å². The minimum Gasteiger partial charge on any atom is -0.387 e. The van der Waals surface area contributed by atoms with E-state index in [1.54, 1.807) is 0 Å². The van der Waals surface area contributed by atoms with Crippen LogP contribution in [0.4, 0.5) is 0 Å². The lowest BCUT2D eigenvalue weighted by Gasteiger charge is -2.24. The summed E-state index contributed by atoms with van der Waals surface area (Å²) in [4.78, 5) is 4.84. The van der Waals surface area contributed by atoms with Gasteiger partial charge in [0, 0.05) is 25.2 Å². The topological polar surface area (TPSA) is 56.4 Å². The average Bonchev–Trinajstić information content (AvgIpc) is 2.33. The molecule has 14 heavy (non-hydrogen) atoms. The van der Waals surface area contributed by atoms with Crippen molar-refractivity contribution in [3.63, 3.8) is 0 Å². The van der Waals surface area contributed by atoms with E-state index in [-0.39, 0.29) is 0 Å². The molecule has 0 aromatic rings. The van der Waals surface area contributed by atoms with E-state index in [9.17, 15) is 0 Å². The number of nitrogens with two attached hydrogens (primary N) is 1. The van der Waals surface area contributed by atoms with Crippen LogP contribution in [0.15, 0.2) is 0 Å². The van der Waals surface area contributed by atoms with Gasteiger partial charge < -0.3 is 5.73 Å². The third-order valence-corrected chi connectivity index (χ3v) is 3.63. The lowest BCUT2D eigenvalue weighted by Crippen LogP contribution is -2.40. The van der Waals surface area contributed by atoms with Crippen molar-refractivity contribution in [1.82, 2.24) is 9.80 Å². The minimum absolute atomic E-state index is 0.297. The first-order chi connectivity index (χ1) is 6.66. The van der Waals surface area contributed by atoms with E-state index in [1.165, 1.54) is 19.3 Å². The summed E-state index contributed by atoms with van der Waals surface area (Å²) >= 11 is 0. The highest BCUT2D eigenvalue weighted by molar-refractivity contribution is 5.78. The van der Waals surface area contributed by atoms with Crippen molar-refractivity contribution in [1.29, 1.82) is 5.41 Å². The maximum atomic E-state index is 7.31. The maximum Gasteiger partial charge on any atom is 0.105 e. The lowest BCUT2D eigenvalue weighted by atomic mass is 10.1. The summed E-state index contributed by atoms with van der Waals surface area (Å²) < 4.78 is 0. The van der Waals surface area contributed by atoms with Gasteiger partial charge in [-0.3, -0.25) is 15.2 Å². The highest BCUT2D eigenvalue weighted by Crippen LogP contribution is 2.28. The van der Waals surface area contributed by atoms with Crippen molar-refractivity contribution >= 4 is 5.84 Å². The van der Waals surface area contributed by atoms with Crippen LogP contribution in [0, 0.1) is 5.41 Å². The van der Waals surface area contributed by atoms with Gasteiger partial charge in [0.2, 0.25) is 0 Å². The fraction of sp³-hybridized carbons (Fsp3) is 0.900. The van der Waals surface area contributed by atoms with Gasteiger partial charge in [-0.2, -0.15) is 0 Å². The fourth-order valence-electron chi connectivity index (χ4n) is 2.76. The monoisotopic (exact) mass is 196 g/mol. The number of hydrogen-bond acceptors (Lipinski definition) is 3. The molecule has 0 aliphatic carbocycles. The van der Waals surface area contributed by atoms with Gasteiger partial charge in [0.25, 0.3) is 0 Å². The highest BCUT2D eigenvalue weighted by atomic mass is 15.3. The molecule has 0 aromatic heterocycles. The Labute approximate surface area is 85.6 Å². The highest BCUT2D eigenvalue weighted by Gasteiger charge is 2.34. The van der Waals surface area contributed by atoms with Gasteiger partial charge in [0.1, 0.15) is 5.84 Å². The molecule has 0 spiro atoms. The Bertz CT molecular complexity index is 228. The fourth-order valence-corrected chi connectivity index (χ4v) is 2.76. The lowest BCUT2D eigenvalue weighted by molar-refractivity contribution is 0.231. The van der Waals surface area contributed by atoms with Crippen LogP contribution in [0.3, 0.4) is 0 Å². The van der Waals surface area contributed by atoms with Crippen molar-refractivity contribution in [2.45, 2.75) is 31.3 Å². The third-order valence-electron chi connectivity index (χ3n) is 3.63. The van der Waals surface area contributed by atoms with Gasteiger partial charge >= 0.3 is 0 Å². The minimum atomic E-state index is 0.297. The van der Waals surface area contributed by atoms with Crippen LogP contribution in [0.2, 0.25) is 0 Å². The summed E-state index contributed by atoms with van der Waals surface area (Å²) in [7, 11) is 2.24. The Morgan fingerprint density at radius 1 is 1.36 bits per heavy atom. The zero-order chi connectivity index (χ0) is 10.1. The number of rotatable bonds is 2. The molecular weight excluding hydrogens is 176 g/mol. The van der Waals surface area contributed by atoms with Crippen LogP contribution >= 0.6 is 0 Å². The second-order valence-electron chi connectivity index (χ2n) is 4.60. The van der Waals surface area contributed by atoms with Gasteiger partial charge in [0.05, 0.1) is 6.54 Å². The number of likely N-dealkylation sites (tertiary alicyclic amines) is 1. The molecule has 2 rings (SSSR count). The van der Waals surface area contributed by atoms with Gasteiger partial charge in [0.15, 0.2) is 0 Å². The maximum absolute atomic E-state index is 7.31. The first kappa shape index (κ1) is 9.93. The Hall–Kier alpha value is -0.610. The van der Waals surface area contributed by atoms with E-state index in [0.29, 0.717) is 18.4 Å². The van der Waals surface area contributed by atoms with Crippen LogP contribution in [0.25, 0.3) is 0 Å². The summed E-state index contributed by atoms with van der Waals surface area (Å²) in [5, 5.41) is 7.31. The Kier molecular flexibility index (Phi) is 2.74. The van der Waals surface area contributed by atoms with Crippen molar-refractivity contribution in [2.75, 3.05) is 26.7 Å². The predicted octanol–water partition coefficient (Wildman–Crippen LogP) is 0.0909. The molecule has 80 valence electrons. The molecule has 0 radical (unpaired) electrons. The SMILES string of the molecule is CN1C2CCC1CN(CC(=N)N)CC2. The second kappa shape index (κ2) is 3.87. The molecule has 2 unspecified atom stereocenters. The standard InChI is InChI=1S/C10H20N4/c1-13-8-2-3-9(13)6-14(5-4-8)7-10(11)12/h8-9H,2-7H2,1H3,(H3,11,12). The first-order valence-electron chi connectivity index (χ1n) is 5.44. The molecule has 0 aromatic carbocycles. The van der Waals surface area contributed by atoms with Gasteiger partial charge in [-0.15, -0.1) is 0 Å². The van der Waals surface area contributed by atoms with Crippen LogP contribution in [-0.2, 0) is 0 Å². The van der Waals surface area contributed by atoms with E-state index >= 15 is 0 Å². The van der Waals surface area contributed by atoms with Crippen molar-refractivity contribution in [3.05, 3.63) is 0 Å². The summed E-state index contributed by atoms with van der Waals surface area (Å²) in [5.41, 5.74) is 5.44. The molecule has 3 N–H and O–H groups in total. The third kappa shape index (κ3) is 1.91. The normalized spacial score (nSPS) is 34.4. The van der Waals surface area contributed by atoms with Crippen molar-refractivity contribution < 1.29 is 0 Å². The van der Waals surface area contributed by atoms with Crippen molar-refractivity contribution in [3.8, 4) is 0 Å². The molecule has 2 heterocycles. The van der Waals surface area contributed by atoms with E-state index in [4.69, 9.17) is 11.1 Å². The number of nitrogens with zero attached hydrogens (tertiary/aromatic N) is 2. The van der Waals surface area contributed by atoms with E-state index in [0.717, 1.165) is 19.1 Å². The quantitative estimate of drug-likeness (QED) is 0.486. The number of hydrogen-bond donors (Lipinski definition) is 2. The zero-order valence-corrected chi connectivity index (χ0v) is 8.87.